The fourth-order valence-electron chi connectivity index (χ4n) is 3.24. The third kappa shape index (κ3) is 7.03. The van der Waals surface area contributed by atoms with Gasteiger partial charge >= 0.3 is 0 Å². The van der Waals surface area contributed by atoms with Crippen molar-refractivity contribution < 1.29 is 19.2 Å². The first-order valence-electron chi connectivity index (χ1n) is 10.9. The average Bonchev–Trinajstić information content (AvgIpc) is 3.21. The van der Waals surface area contributed by atoms with Crippen molar-refractivity contribution in [2.24, 2.45) is 0 Å². The second-order valence-corrected chi connectivity index (χ2v) is 8.36. The number of ether oxygens (including phenoxy) is 1. The maximum Gasteiger partial charge on any atom is 0.269 e. The highest BCUT2D eigenvalue weighted by molar-refractivity contribution is 7.99. The number of nitrogens with zero attached hydrogens (tertiary/aromatic N) is 4. The number of non-ortho nitro benzene ring substituents is 1. The SMILES string of the molecule is CCOc1ccc(NC(=O)Cc2nnc(SCC(=O)Nc3ccc([N+](=O)[O-])cc3C)n2CC)cc1. The Balaban J connectivity index is 1.56. The Morgan fingerprint density at radius 1 is 1.09 bits per heavy atom. The van der Waals surface area contributed by atoms with Crippen molar-refractivity contribution in [1.82, 2.24) is 14.8 Å². The van der Waals surface area contributed by atoms with Crippen LogP contribution >= 0.6 is 11.8 Å². The van der Waals surface area contributed by atoms with Gasteiger partial charge in [0, 0.05) is 30.1 Å². The molecule has 35 heavy (non-hydrogen) atoms. The monoisotopic (exact) mass is 498 g/mol. The number of benzene rings is 2. The number of hydrogen-bond acceptors (Lipinski definition) is 8. The van der Waals surface area contributed by atoms with E-state index in [1.54, 1.807) is 35.8 Å². The van der Waals surface area contributed by atoms with Crippen LogP contribution in [0.25, 0.3) is 0 Å². The first-order chi connectivity index (χ1) is 16.8. The van der Waals surface area contributed by atoms with Crippen LogP contribution in [0.4, 0.5) is 17.1 Å². The molecule has 0 fully saturated rings. The molecule has 0 aliphatic carbocycles. The fourth-order valence-corrected chi connectivity index (χ4v) is 4.06. The van der Waals surface area contributed by atoms with Gasteiger partial charge in [0.05, 0.1) is 23.7 Å². The number of aromatic nitrogens is 3. The van der Waals surface area contributed by atoms with Crippen LogP contribution in [-0.4, -0.2) is 43.9 Å². The number of anilines is 2. The van der Waals surface area contributed by atoms with Crippen LogP contribution in [0.15, 0.2) is 47.6 Å². The third-order valence-corrected chi connectivity index (χ3v) is 5.87. The smallest absolute Gasteiger partial charge is 0.269 e. The van der Waals surface area contributed by atoms with Crippen LogP contribution in [0.5, 0.6) is 5.75 Å². The summed E-state index contributed by atoms with van der Waals surface area (Å²) >= 11 is 1.19. The number of carbonyl (C=O) groups is 2. The molecular formula is C23H26N6O5S. The third-order valence-electron chi connectivity index (χ3n) is 4.90. The van der Waals surface area contributed by atoms with E-state index in [0.717, 1.165) is 5.75 Å². The van der Waals surface area contributed by atoms with Gasteiger partial charge < -0.3 is 19.9 Å². The molecule has 0 unspecified atom stereocenters. The van der Waals surface area contributed by atoms with E-state index in [9.17, 15) is 19.7 Å². The number of hydrogen-bond donors (Lipinski definition) is 2. The summed E-state index contributed by atoms with van der Waals surface area (Å²) in [5.41, 5.74) is 1.71. The molecule has 0 saturated heterocycles. The second kappa shape index (κ2) is 12.0. The van der Waals surface area contributed by atoms with E-state index in [1.165, 1.54) is 30.0 Å². The molecule has 0 saturated carbocycles. The van der Waals surface area contributed by atoms with Crippen molar-refractivity contribution in [1.29, 1.82) is 0 Å². The Bertz CT molecular complexity index is 1210. The van der Waals surface area contributed by atoms with Crippen molar-refractivity contribution >= 4 is 40.6 Å². The molecule has 2 N–H and O–H groups in total. The van der Waals surface area contributed by atoms with Crippen LogP contribution in [-0.2, 0) is 22.6 Å². The predicted octanol–water partition coefficient (Wildman–Crippen LogP) is 3.83. The standard InChI is InChI=1S/C23H26N6O5S/c1-4-28-20(13-21(30)24-16-6-9-18(10-7-16)34-5-2)26-27-23(28)35-14-22(31)25-19-11-8-17(29(32)33)12-15(19)3/h6-12H,4-5,13-14H2,1-3H3,(H,24,30)(H,25,31). The highest BCUT2D eigenvalue weighted by Gasteiger charge is 2.17. The number of amides is 2. The van der Waals surface area contributed by atoms with Gasteiger partial charge in [0.25, 0.3) is 5.69 Å². The lowest BCUT2D eigenvalue weighted by atomic mass is 10.2. The number of rotatable bonds is 11. The molecule has 12 heteroatoms. The summed E-state index contributed by atoms with van der Waals surface area (Å²) in [5, 5.41) is 25.2. The summed E-state index contributed by atoms with van der Waals surface area (Å²) in [6.45, 7) is 6.59. The van der Waals surface area contributed by atoms with Gasteiger partial charge in [-0.1, -0.05) is 11.8 Å². The van der Waals surface area contributed by atoms with Crippen LogP contribution in [0, 0.1) is 17.0 Å². The maximum atomic E-state index is 12.5. The molecule has 1 aromatic heterocycles. The zero-order valence-electron chi connectivity index (χ0n) is 19.6. The molecule has 0 atom stereocenters. The molecule has 0 radical (unpaired) electrons. The molecular weight excluding hydrogens is 472 g/mol. The summed E-state index contributed by atoms with van der Waals surface area (Å²) in [7, 11) is 0. The van der Waals surface area contributed by atoms with E-state index in [-0.39, 0.29) is 29.7 Å². The fraction of sp³-hybridized carbons (Fsp3) is 0.304. The van der Waals surface area contributed by atoms with Crippen LogP contribution < -0.4 is 15.4 Å². The van der Waals surface area contributed by atoms with Crippen LogP contribution in [0.1, 0.15) is 25.2 Å². The minimum atomic E-state index is -0.484. The van der Waals surface area contributed by atoms with E-state index in [2.05, 4.69) is 20.8 Å². The lowest BCUT2D eigenvalue weighted by molar-refractivity contribution is -0.384. The Labute approximate surface area is 206 Å². The number of nitro benzene ring substituents is 1. The lowest BCUT2D eigenvalue weighted by Crippen LogP contribution is -2.18. The molecule has 0 aliphatic heterocycles. The van der Waals surface area contributed by atoms with Gasteiger partial charge in [0.1, 0.15) is 11.6 Å². The van der Waals surface area contributed by atoms with Gasteiger partial charge in [-0.2, -0.15) is 0 Å². The van der Waals surface area contributed by atoms with Gasteiger partial charge in [-0.3, -0.25) is 19.7 Å². The minimum absolute atomic E-state index is 0.0306. The minimum Gasteiger partial charge on any atom is -0.494 e. The predicted molar refractivity (Wildman–Crippen MR) is 133 cm³/mol. The van der Waals surface area contributed by atoms with Gasteiger partial charge in [0.2, 0.25) is 11.8 Å². The summed E-state index contributed by atoms with van der Waals surface area (Å²) in [6, 6.07) is 11.3. The molecule has 0 spiro atoms. The number of thioether (sulfide) groups is 1. The second-order valence-electron chi connectivity index (χ2n) is 7.42. The van der Waals surface area contributed by atoms with Crippen molar-refractivity contribution in [2.45, 2.75) is 38.9 Å². The number of aryl methyl sites for hydroxylation is 1. The van der Waals surface area contributed by atoms with Crippen molar-refractivity contribution in [3.05, 3.63) is 64.0 Å². The Kier molecular flexibility index (Phi) is 8.79. The van der Waals surface area contributed by atoms with Crippen LogP contribution in [0.2, 0.25) is 0 Å². The maximum absolute atomic E-state index is 12.5. The van der Waals surface area contributed by atoms with Crippen LogP contribution in [0.3, 0.4) is 0 Å². The quantitative estimate of drug-likeness (QED) is 0.231. The highest BCUT2D eigenvalue weighted by Crippen LogP contribution is 2.23. The highest BCUT2D eigenvalue weighted by atomic mass is 32.2. The van der Waals surface area contributed by atoms with E-state index >= 15 is 0 Å². The summed E-state index contributed by atoms with van der Waals surface area (Å²) < 4.78 is 7.18. The molecule has 11 nitrogen and oxygen atoms in total. The molecule has 184 valence electrons. The lowest BCUT2D eigenvalue weighted by Gasteiger charge is -2.10. The first kappa shape index (κ1) is 25.7. The van der Waals surface area contributed by atoms with Crippen molar-refractivity contribution in [2.75, 3.05) is 23.0 Å². The van der Waals surface area contributed by atoms with Crippen molar-refractivity contribution in [3.63, 3.8) is 0 Å². The van der Waals surface area contributed by atoms with Crippen molar-refractivity contribution in [3.8, 4) is 5.75 Å². The molecule has 3 aromatic rings. The summed E-state index contributed by atoms with van der Waals surface area (Å²) in [6.07, 6.45) is 0.0306. The number of nitro groups is 1. The average molecular weight is 499 g/mol. The Morgan fingerprint density at radius 3 is 2.46 bits per heavy atom. The van der Waals surface area contributed by atoms with Gasteiger partial charge in [-0.25, -0.2) is 0 Å². The molecule has 0 aliphatic rings. The molecule has 2 aromatic carbocycles. The zero-order valence-corrected chi connectivity index (χ0v) is 20.4. The summed E-state index contributed by atoms with van der Waals surface area (Å²) in [4.78, 5) is 35.3. The largest absolute Gasteiger partial charge is 0.494 e. The number of carbonyl (C=O) groups excluding carboxylic acids is 2. The van der Waals surface area contributed by atoms with E-state index in [1.807, 2.05) is 13.8 Å². The van der Waals surface area contributed by atoms with Gasteiger partial charge in [-0.15, -0.1) is 10.2 Å². The first-order valence-corrected chi connectivity index (χ1v) is 11.9. The molecule has 1 heterocycles. The number of nitrogens with one attached hydrogen (secondary N) is 2. The van der Waals surface area contributed by atoms with E-state index in [4.69, 9.17) is 4.74 Å². The Hall–Kier alpha value is -3.93. The van der Waals surface area contributed by atoms with Gasteiger partial charge in [-0.05, 0) is 56.7 Å². The van der Waals surface area contributed by atoms with E-state index < -0.39 is 4.92 Å². The molecule has 3 rings (SSSR count). The summed E-state index contributed by atoms with van der Waals surface area (Å²) in [5.74, 6) is 0.759. The zero-order chi connectivity index (χ0) is 25.4. The normalized spacial score (nSPS) is 10.6. The Morgan fingerprint density at radius 2 is 1.83 bits per heavy atom. The van der Waals surface area contributed by atoms with Gasteiger partial charge in [0.15, 0.2) is 5.16 Å². The topological polar surface area (TPSA) is 141 Å². The molecule has 0 bridgehead atoms. The van der Waals surface area contributed by atoms with E-state index in [0.29, 0.717) is 41.1 Å². The molecule has 2 amide bonds.